The molecule has 0 radical (unpaired) electrons. The molecule has 7 nitrogen and oxygen atoms in total. The maximum atomic E-state index is 12.7. The second-order valence-corrected chi connectivity index (χ2v) is 5.84. The molecule has 25 heavy (non-hydrogen) atoms. The van der Waals surface area contributed by atoms with Gasteiger partial charge in [0, 0.05) is 7.05 Å². The van der Waals surface area contributed by atoms with Gasteiger partial charge in [-0.2, -0.15) is 0 Å². The number of amides is 1. The third-order valence-electron chi connectivity index (χ3n) is 3.92. The van der Waals surface area contributed by atoms with Crippen molar-refractivity contribution in [3.8, 4) is 5.75 Å². The van der Waals surface area contributed by atoms with Crippen LogP contribution in [0.5, 0.6) is 5.75 Å². The van der Waals surface area contributed by atoms with E-state index in [-0.39, 0.29) is 22.6 Å². The molecule has 0 aliphatic rings. The van der Waals surface area contributed by atoms with E-state index in [4.69, 9.17) is 9.15 Å². The van der Waals surface area contributed by atoms with Gasteiger partial charge in [0.25, 0.3) is 11.5 Å². The lowest BCUT2D eigenvalue weighted by molar-refractivity contribution is 0.0773. The Kier molecular flexibility index (Phi) is 4.56. The number of hydrogen-bond acceptors (Lipinski definition) is 5. The number of likely N-dealkylation sites (N-methyl/N-ethyl adjacent to an activating group) is 1. The van der Waals surface area contributed by atoms with Gasteiger partial charge < -0.3 is 19.0 Å². The number of ether oxygens (including phenoxy) is 1. The van der Waals surface area contributed by atoms with Crippen LogP contribution in [0, 0.1) is 13.8 Å². The van der Waals surface area contributed by atoms with E-state index in [0.717, 1.165) is 11.3 Å². The monoisotopic (exact) mass is 341 g/mol. The number of nitrogens with one attached hydrogen (secondary N) is 1. The summed E-state index contributed by atoms with van der Waals surface area (Å²) < 4.78 is 11.1. The summed E-state index contributed by atoms with van der Waals surface area (Å²) in [4.78, 5) is 32.7. The van der Waals surface area contributed by atoms with E-state index in [1.54, 1.807) is 14.0 Å². The Labute approximate surface area is 144 Å². The number of furan rings is 1. The van der Waals surface area contributed by atoms with Crippen LogP contribution in [0.4, 0.5) is 0 Å². The molecular formula is C18H19N3O4. The number of rotatable bonds is 5. The van der Waals surface area contributed by atoms with Gasteiger partial charge in [-0.3, -0.25) is 9.59 Å². The Bertz CT molecular complexity index is 974. The number of carbonyl (C=O) groups is 1. The van der Waals surface area contributed by atoms with E-state index in [2.05, 4.69) is 9.97 Å². The van der Waals surface area contributed by atoms with Crippen molar-refractivity contribution in [1.29, 1.82) is 0 Å². The van der Waals surface area contributed by atoms with Gasteiger partial charge in [-0.1, -0.05) is 12.1 Å². The molecule has 1 aromatic carbocycles. The summed E-state index contributed by atoms with van der Waals surface area (Å²) in [5.41, 5.74) is 1.11. The zero-order valence-electron chi connectivity index (χ0n) is 14.3. The maximum Gasteiger partial charge on any atom is 0.262 e. The Morgan fingerprint density at radius 3 is 2.92 bits per heavy atom. The van der Waals surface area contributed by atoms with Gasteiger partial charge in [-0.15, -0.1) is 0 Å². The van der Waals surface area contributed by atoms with Crippen LogP contribution in [0.2, 0.25) is 0 Å². The Morgan fingerprint density at radius 1 is 1.36 bits per heavy atom. The lowest BCUT2D eigenvalue weighted by atomic mass is 10.1. The molecular weight excluding hydrogens is 322 g/mol. The number of aryl methyl sites for hydroxylation is 2. The van der Waals surface area contributed by atoms with Crippen molar-refractivity contribution in [1.82, 2.24) is 14.9 Å². The van der Waals surface area contributed by atoms with Crippen LogP contribution in [-0.2, 0) is 0 Å². The van der Waals surface area contributed by atoms with Gasteiger partial charge in [0.15, 0.2) is 0 Å². The molecule has 0 bridgehead atoms. The molecule has 0 atom stereocenters. The SMILES string of the molecule is Cc1cccc(OCCN(C)C(=O)c2c(C)oc3nc[nH]c(=O)c23)c1. The van der Waals surface area contributed by atoms with Crippen LogP contribution in [-0.4, -0.2) is 41.0 Å². The van der Waals surface area contributed by atoms with Crippen molar-refractivity contribution in [2.45, 2.75) is 13.8 Å². The number of benzene rings is 1. The molecule has 2 heterocycles. The largest absolute Gasteiger partial charge is 0.492 e. The third kappa shape index (κ3) is 3.40. The molecule has 0 aliphatic carbocycles. The second-order valence-electron chi connectivity index (χ2n) is 5.84. The summed E-state index contributed by atoms with van der Waals surface area (Å²) in [5.74, 6) is 0.824. The van der Waals surface area contributed by atoms with E-state index in [1.807, 2.05) is 31.2 Å². The summed E-state index contributed by atoms with van der Waals surface area (Å²) in [7, 11) is 1.66. The third-order valence-corrected chi connectivity index (χ3v) is 3.92. The Morgan fingerprint density at radius 2 is 2.16 bits per heavy atom. The van der Waals surface area contributed by atoms with Gasteiger partial charge in [0.2, 0.25) is 5.71 Å². The van der Waals surface area contributed by atoms with Crippen molar-refractivity contribution >= 4 is 17.0 Å². The molecule has 0 fully saturated rings. The highest BCUT2D eigenvalue weighted by atomic mass is 16.5. The molecule has 1 amide bonds. The lowest BCUT2D eigenvalue weighted by Gasteiger charge is -2.17. The van der Waals surface area contributed by atoms with E-state index in [1.165, 1.54) is 11.2 Å². The number of aromatic amines is 1. The number of aromatic nitrogens is 2. The fraction of sp³-hybridized carbons (Fsp3) is 0.278. The minimum absolute atomic E-state index is 0.161. The van der Waals surface area contributed by atoms with Crippen LogP contribution in [0.3, 0.4) is 0 Å². The normalized spacial score (nSPS) is 10.8. The van der Waals surface area contributed by atoms with E-state index < -0.39 is 5.56 Å². The molecule has 7 heteroatoms. The zero-order valence-corrected chi connectivity index (χ0v) is 14.3. The highest BCUT2D eigenvalue weighted by molar-refractivity contribution is 6.06. The molecule has 3 rings (SSSR count). The molecule has 0 saturated heterocycles. The zero-order chi connectivity index (χ0) is 18.0. The number of fused-ring (bicyclic) bond motifs is 1. The summed E-state index contributed by atoms with van der Waals surface area (Å²) in [6.07, 6.45) is 1.25. The molecule has 130 valence electrons. The second kappa shape index (κ2) is 6.80. The van der Waals surface area contributed by atoms with Gasteiger partial charge in [0.1, 0.15) is 23.5 Å². The topological polar surface area (TPSA) is 88.4 Å². The van der Waals surface area contributed by atoms with Crippen molar-refractivity contribution in [2.75, 3.05) is 20.2 Å². The number of carbonyl (C=O) groups excluding carboxylic acids is 1. The van der Waals surface area contributed by atoms with Crippen LogP contribution < -0.4 is 10.3 Å². The summed E-state index contributed by atoms with van der Waals surface area (Å²) in [6, 6.07) is 7.70. The summed E-state index contributed by atoms with van der Waals surface area (Å²) in [6.45, 7) is 4.35. The summed E-state index contributed by atoms with van der Waals surface area (Å²) >= 11 is 0. The fourth-order valence-corrected chi connectivity index (χ4v) is 2.61. The van der Waals surface area contributed by atoms with E-state index in [9.17, 15) is 9.59 Å². The van der Waals surface area contributed by atoms with Crippen molar-refractivity contribution in [3.63, 3.8) is 0 Å². The quantitative estimate of drug-likeness (QED) is 0.769. The average Bonchev–Trinajstić information content (AvgIpc) is 2.91. The highest BCUT2D eigenvalue weighted by Crippen LogP contribution is 2.21. The average molecular weight is 341 g/mol. The first-order chi connectivity index (χ1) is 12.0. The first-order valence-corrected chi connectivity index (χ1v) is 7.89. The van der Waals surface area contributed by atoms with Crippen LogP contribution in [0.15, 0.2) is 39.8 Å². The molecule has 0 spiro atoms. The molecule has 1 N–H and O–H groups in total. The fourth-order valence-electron chi connectivity index (χ4n) is 2.61. The van der Waals surface area contributed by atoms with Crippen LogP contribution >= 0.6 is 0 Å². The van der Waals surface area contributed by atoms with Crippen molar-refractivity contribution in [2.24, 2.45) is 0 Å². The Hall–Kier alpha value is -3.09. The number of nitrogens with zero attached hydrogens (tertiary/aromatic N) is 2. The van der Waals surface area contributed by atoms with Gasteiger partial charge in [0.05, 0.1) is 18.4 Å². The van der Waals surface area contributed by atoms with Gasteiger partial charge >= 0.3 is 0 Å². The molecule has 3 aromatic rings. The number of hydrogen-bond donors (Lipinski definition) is 1. The molecule has 0 unspecified atom stereocenters. The highest BCUT2D eigenvalue weighted by Gasteiger charge is 2.24. The van der Waals surface area contributed by atoms with Crippen molar-refractivity contribution < 1.29 is 13.9 Å². The van der Waals surface area contributed by atoms with Gasteiger partial charge in [-0.25, -0.2) is 4.98 Å². The van der Waals surface area contributed by atoms with Crippen molar-refractivity contribution in [3.05, 3.63) is 57.8 Å². The van der Waals surface area contributed by atoms with Crippen LogP contribution in [0.25, 0.3) is 11.1 Å². The molecule has 2 aromatic heterocycles. The first kappa shape index (κ1) is 16.8. The number of H-pyrrole nitrogens is 1. The summed E-state index contributed by atoms with van der Waals surface area (Å²) in [5, 5.41) is 0.177. The molecule has 0 saturated carbocycles. The standard InChI is InChI=1S/C18H19N3O4/c1-11-5-4-6-13(9-11)24-8-7-21(3)18(23)14-12(2)25-17-15(14)16(22)19-10-20-17/h4-6,9-10H,7-8H2,1-3H3,(H,19,20,22). The minimum Gasteiger partial charge on any atom is -0.492 e. The van der Waals surface area contributed by atoms with Gasteiger partial charge in [-0.05, 0) is 31.5 Å². The minimum atomic E-state index is -0.394. The lowest BCUT2D eigenvalue weighted by Crippen LogP contribution is -2.31. The van der Waals surface area contributed by atoms with E-state index >= 15 is 0 Å². The van der Waals surface area contributed by atoms with E-state index in [0.29, 0.717) is 18.9 Å². The predicted octanol–water partition coefficient (Wildman–Crippen LogP) is 2.28. The smallest absolute Gasteiger partial charge is 0.262 e. The maximum absolute atomic E-state index is 12.7. The Balaban J connectivity index is 1.73. The predicted molar refractivity (Wildman–Crippen MR) is 93.0 cm³/mol. The molecule has 0 aliphatic heterocycles. The van der Waals surface area contributed by atoms with Crippen LogP contribution in [0.1, 0.15) is 21.7 Å². The first-order valence-electron chi connectivity index (χ1n) is 7.89.